The number of carbonyl (C=O) groups is 4. The molecular weight excluding hydrogens is 404 g/mol. The maximum absolute atomic E-state index is 12.5. The van der Waals surface area contributed by atoms with Crippen LogP contribution in [0.25, 0.3) is 5.69 Å². The van der Waals surface area contributed by atoms with Crippen molar-refractivity contribution in [3.63, 3.8) is 0 Å². The number of nitrogens with zero attached hydrogens (tertiary/aromatic N) is 2. The minimum Gasteiger partial charge on any atom is -0.483 e. The molecule has 0 unspecified atom stereocenters. The van der Waals surface area contributed by atoms with Crippen molar-refractivity contribution in [2.75, 3.05) is 13.7 Å². The molecule has 0 aliphatic heterocycles. The van der Waals surface area contributed by atoms with Crippen molar-refractivity contribution in [1.82, 2.24) is 20.4 Å². The van der Waals surface area contributed by atoms with Gasteiger partial charge in [-0.3, -0.25) is 19.2 Å². The first-order chi connectivity index (χ1) is 15.0. The fourth-order valence-electron chi connectivity index (χ4n) is 3.33. The normalized spacial score (nSPS) is 17.5. The third-order valence-corrected chi connectivity index (χ3v) is 4.97. The molecule has 3 rings (SSSR count). The number of benzene rings is 1. The number of methoxy groups -OCH3 is 1. The molecule has 31 heavy (non-hydrogen) atoms. The first kappa shape index (κ1) is 23.6. The third kappa shape index (κ3) is 7.25. The second-order valence-corrected chi connectivity index (χ2v) is 6.92. The standard InChI is InChI=1S/C20H24N4O4.CH2O2/c1-28-18(25)13-21-19(26)14-3-7-16(8-4-14)23-20(27)15-5-9-17(10-6-15)24-12-2-11-22-24;2-1-3/h2,5-6,9-12,14,16H,3-4,7-8,13H2,1H3,(H,21,26)(H,23,27);1H,(H,2,3). The lowest BCUT2D eigenvalue weighted by molar-refractivity contribution is -0.141. The molecule has 1 aliphatic carbocycles. The van der Waals surface area contributed by atoms with E-state index in [4.69, 9.17) is 9.90 Å². The van der Waals surface area contributed by atoms with Crippen molar-refractivity contribution >= 4 is 24.3 Å². The Morgan fingerprint density at radius 1 is 1.19 bits per heavy atom. The predicted octanol–water partition coefficient (Wildman–Crippen LogP) is 1.15. The third-order valence-electron chi connectivity index (χ3n) is 4.97. The quantitative estimate of drug-likeness (QED) is 0.461. The highest BCUT2D eigenvalue weighted by Gasteiger charge is 2.27. The molecule has 2 amide bonds. The number of nitrogens with one attached hydrogen (secondary N) is 2. The van der Waals surface area contributed by atoms with E-state index < -0.39 is 5.97 Å². The number of rotatable bonds is 6. The average molecular weight is 430 g/mol. The Morgan fingerprint density at radius 3 is 2.39 bits per heavy atom. The van der Waals surface area contributed by atoms with Crippen LogP contribution >= 0.6 is 0 Å². The van der Waals surface area contributed by atoms with Crippen molar-refractivity contribution in [2.24, 2.45) is 5.92 Å². The van der Waals surface area contributed by atoms with Crippen LogP contribution in [0.3, 0.4) is 0 Å². The molecule has 0 saturated heterocycles. The van der Waals surface area contributed by atoms with E-state index >= 15 is 0 Å². The van der Waals surface area contributed by atoms with Crippen molar-refractivity contribution < 1.29 is 29.0 Å². The summed E-state index contributed by atoms with van der Waals surface area (Å²) in [4.78, 5) is 44.0. The van der Waals surface area contributed by atoms with Crippen molar-refractivity contribution in [2.45, 2.75) is 31.7 Å². The number of amides is 2. The Hall–Kier alpha value is -3.69. The Morgan fingerprint density at radius 2 is 1.84 bits per heavy atom. The molecule has 1 aromatic carbocycles. The van der Waals surface area contributed by atoms with Crippen LogP contribution in [0.15, 0.2) is 42.7 Å². The summed E-state index contributed by atoms with van der Waals surface area (Å²) in [5.74, 6) is -0.853. The lowest BCUT2D eigenvalue weighted by atomic mass is 9.85. The predicted molar refractivity (Wildman–Crippen MR) is 110 cm³/mol. The highest BCUT2D eigenvalue weighted by molar-refractivity contribution is 5.94. The number of carboxylic acid groups (broad SMARTS) is 1. The molecule has 1 heterocycles. The largest absolute Gasteiger partial charge is 0.483 e. The molecule has 166 valence electrons. The number of esters is 1. The fourth-order valence-corrected chi connectivity index (χ4v) is 3.33. The molecule has 0 atom stereocenters. The molecule has 0 radical (unpaired) electrons. The van der Waals surface area contributed by atoms with Crippen LogP contribution in [0.5, 0.6) is 0 Å². The smallest absolute Gasteiger partial charge is 0.325 e. The van der Waals surface area contributed by atoms with E-state index in [1.165, 1.54) is 7.11 Å². The van der Waals surface area contributed by atoms with Gasteiger partial charge >= 0.3 is 5.97 Å². The zero-order valence-electron chi connectivity index (χ0n) is 17.2. The first-order valence-electron chi connectivity index (χ1n) is 9.81. The van der Waals surface area contributed by atoms with Crippen LogP contribution in [0.4, 0.5) is 0 Å². The minimum atomic E-state index is -0.465. The van der Waals surface area contributed by atoms with E-state index in [9.17, 15) is 14.4 Å². The minimum absolute atomic E-state index is 0.0444. The van der Waals surface area contributed by atoms with Gasteiger partial charge in [0.2, 0.25) is 5.91 Å². The summed E-state index contributed by atoms with van der Waals surface area (Å²) < 4.78 is 6.24. The van der Waals surface area contributed by atoms with Gasteiger partial charge < -0.3 is 20.5 Å². The molecule has 1 aliphatic rings. The number of aromatic nitrogens is 2. The van der Waals surface area contributed by atoms with Gasteiger partial charge in [-0.15, -0.1) is 0 Å². The summed E-state index contributed by atoms with van der Waals surface area (Å²) in [6.07, 6.45) is 6.36. The van der Waals surface area contributed by atoms with E-state index in [1.54, 1.807) is 23.0 Å². The molecule has 2 aromatic rings. The van der Waals surface area contributed by atoms with Crippen LogP contribution in [0, 0.1) is 5.92 Å². The lowest BCUT2D eigenvalue weighted by Crippen LogP contribution is -2.41. The maximum Gasteiger partial charge on any atom is 0.325 e. The Balaban J connectivity index is 0.00000107. The van der Waals surface area contributed by atoms with Crippen LogP contribution in [-0.2, 0) is 19.1 Å². The van der Waals surface area contributed by atoms with Crippen molar-refractivity contribution in [1.29, 1.82) is 0 Å². The summed E-state index contributed by atoms with van der Waals surface area (Å²) in [6, 6.07) is 9.14. The SMILES string of the molecule is COC(=O)CNC(=O)C1CCC(NC(=O)c2ccc(-n3cccn3)cc2)CC1.O=CO. The number of hydrogen-bond acceptors (Lipinski definition) is 6. The molecule has 1 fully saturated rings. The molecule has 1 saturated carbocycles. The monoisotopic (exact) mass is 430 g/mol. The molecule has 1 aromatic heterocycles. The summed E-state index contributed by atoms with van der Waals surface area (Å²) >= 11 is 0. The van der Waals surface area contributed by atoms with Crippen molar-refractivity contribution in [3.05, 3.63) is 48.3 Å². The van der Waals surface area contributed by atoms with Crippen LogP contribution < -0.4 is 10.6 Å². The fraction of sp³-hybridized carbons (Fsp3) is 0.381. The van der Waals surface area contributed by atoms with Gasteiger partial charge in [0.25, 0.3) is 12.4 Å². The Labute approximate surface area is 179 Å². The second-order valence-electron chi connectivity index (χ2n) is 6.92. The number of ether oxygens (including phenoxy) is 1. The summed E-state index contributed by atoms with van der Waals surface area (Å²) in [5.41, 5.74) is 1.48. The zero-order chi connectivity index (χ0) is 22.6. The van der Waals surface area contributed by atoms with Crippen LogP contribution in [0.2, 0.25) is 0 Å². The number of carbonyl (C=O) groups excluding carboxylic acids is 3. The van der Waals surface area contributed by atoms with Crippen LogP contribution in [0.1, 0.15) is 36.0 Å². The maximum atomic E-state index is 12.5. The molecule has 3 N–H and O–H groups in total. The summed E-state index contributed by atoms with van der Waals surface area (Å²) in [7, 11) is 1.29. The average Bonchev–Trinajstić information content (AvgIpc) is 3.33. The molecule has 0 bridgehead atoms. The Kier molecular flexibility index (Phi) is 9.21. The number of hydrogen-bond donors (Lipinski definition) is 3. The molecule has 0 spiro atoms. The van der Waals surface area contributed by atoms with Crippen LogP contribution in [-0.4, -0.2) is 58.8 Å². The highest BCUT2D eigenvalue weighted by atomic mass is 16.5. The van der Waals surface area contributed by atoms with Gasteiger partial charge in [-0.25, -0.2) is 4.68 Å². The van der Waals surface area contributed by atoms with E-state index in [-0.39, 0.29) is 36.8 Å². The zero-order valence-corrected chi connectivity index (χ0v) is 17.2. The van der Waals surface area contributed by atoms with E-state index in [2.05, 4.69) is 20.5 Å². The molecule has 10 heteroatoms. The summed E-state index contributed by atoms with van der Waals surface area (Å²) in [5, 5.41) is 16.7. The van der Waals surface area contributed by atoms with Gasteiger partial charge in [0, 0.05) is 29.9 Å². The van der Waals surface area contributed by atoms with Gasteiger partial charge in [0.15, 0.2) is 0 Å². The Bertz CT molecular complexity index is 859. The van der Waals surface area contributed by atoms with Gasteiger partial charge in [0.05, 0.1) is 12.8 Å². The van der Waals surface area contributed by atoms with Gasteiger partial charge in [-0.2, -0.15) is 5.10 Å². The highest BCUT2D eigenvalue weighted by Crippen LogP contribution is 2.24. The second kappa shape index (κ2) is 12.1. The molecular formula is C21H26N4O6. The summed E-state index contributed by atoms with van der Waals surface area (Å²) in [6.45, 7) is -0.361. The molecule has 10 nitrogen and oxygen atoms in total. The topological polar surface area (TPSA) is 140 Å². The van der Waals surface area contributed by atoms with E-state index in [1.807, 2.05) is 24.4 Å². The van der Waals surface area contributed by atoms with E-state index in [0.29, 0.717) is 18.4 Å². The van der Waals surface area contributed by atoms with Gasteiger partial charge in [0.1, 0.15) is 6.54 Å². The van der Waals surface area contributed by atoms with E-state index in [0.717, 1.165) is 18.5 Å². The van der Waals surface area contributed by atoms with Gasteiger partial charge in [-0.05, 0) is 56.0 Å². The lowest BCUT2D eigenvalue weighted by Gasteiger charge is -2.28. The van der Waals surface area contributed by atoms with Gasteiger partial charge in [-0.1, -0.05) is 0 Å². The van der Waals surface area contributed by atoms with Crippen molar-refractivity contribution in [3.8, 4) is 5.69 Å². The first-order valence-corrected chi connectivity index (χ1v) is 9.81.